The molecule has 5 nitrogen and oxygen atoms in total. The average molecular weight is 275 g/mol. The fourth-order valence-electron chi connectivity index (χ4n) is 2.20. The maximum Gasteiger partial charge on any atom is 0.0724 e. The predicted octanol–water partition coefficient (Wildman–Crippen LogP) is 1.92. The largest absolute Gasteiger partial charge is 0.396 e. The lowest BCUT2D eigenvalue weighted by Crippen LogP contribution is -2.31. The molecule has 0 radical (unpaired) electrons. The molecule has 1 aromatic heterocycles. The van der Waals surface area contributed by atoms with Crippen molar-refractivity contribution in [1.29, 1.82) is 0 Å². The van der Waals surface area contributed by atoms with E-state index < -0.39 is 0 Å². The number of ether oxygens (including phenoxy) is 2. The van der Waals surface area contributed by atoms with E-state index in [1.54, 1.807) is 20.4 Å². The average Bonchev–Trinajstić information content (AvgIpc) is 2.49. The highest BCUT2D eigenvalue weighted by Crippen LogP contribution is 2.30. The number of hydrogen-bond donors (Lipinski definition) is 1. The summed E-state index contributed by atoms with van der Waals surface area (Å²) in [6, 6.07) is 7.90. The Morgan fingerprint density at radius 2 is 1.80 bits per heavy atom. The number of nitrogen functional groups attached to an aromatic ring is 1. The number of fused-ring (bicyclic) bond motifs is 1. The van der Waals surface area contributed by atoms with Gasteiger partial charge in [-0.2, -0.15) is 0 Å². The van der Waals surface area contributed by atoms with Crippen LogP contribution in [0.4, 0.5) is 11.4 Å². The molecular formula is C15H21N3O2. The summed E-state index contributed by atoms with van der Waals surface area (Å²) in [6.45, 7) is 2.84. The summed E-state index contributed by atoms with van der Waals surface area (Å²) in [5.41, 5.74) is 8.96. The first-order valence-corrected chi connectivity index (χ1v) is 6.64. The van der Waals surface area contributed by atoms with E-state index in [0.717, 1.165) is 35.4 Å². The van der Waals surface area contributed by atoms with Crippen LogP contribution in [-0.4, -0.2) is 45.5 Å². The van der Waals surface area contributed by atoms with E-state index in [-0.39, 0.29) is 0 Å². The fraction of sp³-hybridized carbons (Fsp3) is 0.400. The summed E-state index contributed by atoms with van der Waals surface area (Å²) in [5, 5.41) is 0.977. The van der Waals surface area contributed by atoms with Gasteiger partial charge in [0.25, 0.3) is 0 Å². The fourth-order valence-corrected chi connectivity index (χ4v) is 2.20. The molecule has 0 spiro atoms. The van der Waals surface area contributed by atoms with Gasteiger partial charge in [-0.1, -0.05) is 0 Å². The Kier molecular flexibility index (Phi) is 5.15. The third-order valence-electron chi connectivity index (χ3n) is 3.28. The Morgan fingerprint density at radius 1 is 1.10 bits per heavy atom. The maximum atomic E-state index is 6.30. The van der Waals surface area contributed by atoms with E-state index in [1.807, 2.05) is 24.3 Å². The summed E-state index contributed by atoms with van der Waals surface area (Å²) < 4.78 is 10.3. The van der Waals surface area contributed by atoms with Crippen LogP contribution in [0.3, 0.4) is 0 Å². The number of anilines is 2. The van der Waals surface area contributed by atoms with Crippen LogP contribution in [0.25, 0.3) is 10.9 Å². The zero-order chi connectivity index (χ0) is 14.4. The van der Waals surface area contributed by atoms with Gasteiger partial charge in [0, 0.05) is 38.9 Å². The van der Waals surface area contributed by atoms with Crippen LogP contribution < -0.4 is 10.6 Å². The molecule has 2 N–H and O–H groups in total. The van der Waals surface area contributed by atoms with Crippen LogP contribution in [0.5, 0.6) is 0 Å². The molecule has 1 heterocycles. The molecule has 2 aromatic rings. The molecule has 0 unspecified atom stereocenters. The lowest BCUT2D eigenvalue weighted by molar-refractivity contribution is 0.190. The van der Waals surface area contributed by atoms with Gasteiger partial charge in [-0.05, 0) is 24.3 Å². The van der Waals surface area contributed by atoms with E-state index in [9.17, 15) is 0 Å². The Labute approximate surface area is 119 Å². The molecule has 0 aliphatic carbocycles. The van der Waals surface area contributed by atoms with Gasteiger partial charge in [-0.15, -0.1) is 0 Å². The molecule has 0 bridgehead atoms. The Morgan fingerprint density at radius 3 is 2.45 bits per heavy atom. The smallest absolute Gasteiger partial charge is 0.0724 e. The van der Waals surface area contributed by atoms with Crippen molar-refractivity contribution in [2.45, 2.75) is 0 Å². The Bertz CT molecular complexity index is 552. The lowest BCUT2D eigenvalue weighted by Gasteiger charge is -2.26. The van der Waals surface area contributed by atoms with Crippen LogP contribution in [0.2, 0.25) is 0 Å². The van der Waals surface area contributed by atoms with Crippen LogP contribution in [0, 0.1) is 0 Å². The number of hydrogen-bond acceptors (Lipinski definition) is 5. The SMILES string of the molecule is COCCN(CCOC)c1ccc2ncccc2c1N. The molecule has 20 heavy (non-hydrogen) atoms. The third kappa shape index (κ3) is 3.18. The van der Waals surface area contributed by atoms with E-state index in [0.29, 0.717) is 13.2 Å². The number of nitrogens with two attached hydrogens (primary N) is 1. The van der Waals surface area contributed by atoms with Crippen LogP contribution >= 0.6 is 0 Å². The first kappa shape index (κ1) is 14.6. The van der Waals surface area contributed by atoms with Crippen molar-refractivity contribution in [3.05, 3.63) is 30.5 Å². The predicted molar refractivity (Wildman–Crippen MR) is 82.1 cm³/mol. The zero-order valence-electron chi connectivity index (χ0n) is 12.0. The third-order valence-corrected chi connectivity index (χ3v) is 3.28. The number of benzene rings is 1. The van der Waals surface area contributed by atoms with Gasteiger partial charge in [-0.25, -0.2) is 0 Å². The Hall–Kier alpha value is -1.85. The molecule has 0 aliphatic heterocycles. The van der Waals surface area contributed by atoms with E-state index in [2.05, 4.69) is 9.88 Å². The minimum absolute atomic E-state index is 0.647. The summed E-state index contributed by atoms with van der Waals surface area (Å²) in [5.74, 6) is 0. The van der Waals surface area contributed by atoms with Gasteiger partial charge in [-0.3, -0.25) is 4.98 Å². The van der Waals surface area contributed by atoms with Crippen molar-refractivity contribution in [2.24, 2.45) is 0 Å². The van der Waals surface area contributed by atoms with Gasteiger partial charge >= 0.3 is 0 Å². The molecule has 1 aromatic carbocycles. The molecule has 0 saturated heterocycles. The second kappa shape index (κ2) is 7.07. The standard InChI is InChI=1S/C15H21N3O2/c1-19-10-8-18(9-11-20-2)14-6-5-13-12(15(14)16)4-3-7-17-13/h3-7H,8-11,16H2,1-2H3. The van der Waals surface area contributed by atoms with Crippen molar-refractivity contribution < 1.29 is 9.47 Å². The van der Waals surface area contributed by atoms with Crippen molar-refractivity contribution in [1.82, 2.24) is 4.98 Å². The van der Waals surface area contributed by atoms with E-state index in [4.69, 9.17) is 15.2 Å². The summed E-state index contributed by atoms with van der Waals surface area (Å²) in [4.78, 5) is 6.49. The number of pyridine rings is 1. The minimum Gasteiger partial charge on any atom is -0.396 e. The summed E-state index contributed by atoms with van der Waals surface area (Å²) in [6.07, 6.45) is 1.77. The topological polar surface area (TPSA) is 60.6 Å². The molecule has 108 valence electrons. The highest BCUT2D eigenvalue weighted by Gasteiger charge is 2.12. The quantitative estimate of drug-likeness (QED) is 0.782. The van der Waals surface area contributed by atoms with Gasteiger partial charge < -0.3 is 20.1 Å². The Balaban J connectivity index is 2.33. The van der Waals surface area contributed by atoms with Gasteiger partial charge in [0.1, 0.15) is 0 Å². The molecule has 0 atom stereocenters. The van der Waals surface area contributed by atoms with E-state index in [1.165, 1.54) is 0 Å². The second-order valence-electron chi connectivity index (χ2n) is 4.54. The second-order valence-corrected chi connectivity index (χ2v) is 4.54. The molecule has 0 saturated carbocycles. The van der Waals surface area contributed by atoms with Crippen molar-refractivity contribution in [2.75, 3.05) is 51.2 Å². The van der Waals surface area contributed by atoms with E-state index >= 15 is 0 Å². The molecule has 5 heteroatoms. The van der Waals surface area contributed by atoms with Crippen molar-refractivity contribution in [3.63, 3.8) is 0 Å². The number of methoxy groups -OCH3 is 2. The highest BCUT2D eigenvalue weighted by molar-refractivity contribution is 5.97. The van der Waals surface area contributed by atoms with Crippen LogP contribution in [0.15, 0.2) is 30.5 Å². The van der Waals surface area contributed by atoms with Gasteiger partial charge in [0.2, 0.25) is 0 Å². The molecule has 2 rings (SSSR count). The molecular weight excluding hydrogens is 254 g/mol. The number of aromatic nitrogens is 1. The van der Waals surface area contributed by atoms with Crippen LogP contribution in [0.1, 0.15) is 0 Å². The zero-order valence-corrected chi connectivity index (χ0v) is 12.0. The maximum absolute atomic E-state index is 6.30. The number of nitrogens with zero attached hydrogens (tertiary/aromatic N) is 2. The monoisotopic (exact) mass is 275 g/mol. The summed E-state index contributed by atoms with van der Waals surface area (Å²) >= 11 is 0. The van der Waals surface area contributed by atoms with Crippen LogP contribution in [-0.2, 0) is 9.47 Å². The molecule has 0 aliphatic rings. The highest BCUT2D eigenvalue weighted by atomic mass is 16.5. The summed E-state index contributed by atoms with van der Waals surface area (Å²) in [7, 11) is 3.39. The minimum atomic E-state index is 0.647. The molecule has 0 amide bonds. The molecule has 0 fully saturated rings. The first-order valence-electron chi connectivity index (χ1n) is 6.64. The lowest BCUT2D eigenvalue weighted by atomic mass is 10.1. The first-order chi connectivity index (χ1) is 9.77. The van der Waals surface area contributed by atoms with Crippen molar-refractivity contribution in [3.8, 4) is 0 Å². The normalized spacial score (nSPS) is 10.9. The van der Waals surface area contributed by atoms with Gasteiger partial charge in [0.05, 0.1) is 30.1 Å². The van der Waals surface area contributed by atoms with Crippen molar-refractivity contribution >= 4 is 22.3 Å². The number of rotatable bonds is 7. The van der Waals surface area contributed by atoms with Gasteiger partial charge in [0.15, 0.2) is 0 Å².